The predicted molar refractivity (Wildman–Crippen MR) is 90.2 cm³/mol. The highest BCUT2D eigenvalue weighted by molar-refractivity contribution is 9.10. The van der Waals surface area contributed by atoms with E-state index in [0.29, 0.717) is 6.54 Å². The lowest BCUT2D eigenvalue weighted by atomic mass is 9.96. The van der Waals surface area contributed by atoms with Crippen LogP contribution in [0.4, 0.5) is 0 Å². The van der Waals surface area contributed by atoms with Crippen LogP contribution in [-0.2, 0) is 11.2 Å². The van der Waals surface area contributed by atoms with Gasteiger partial charge in [-0.2, -0.15) is 0 Å². The Morgan fingerprint density at radius 1 is 1.35 bits per heavy atom. The number of unbranched alkanes of at least 4 members (excludes halogenated alkanes) is 1. The van der Waals surface area contributed by atoms with Crippen molar-refractivity contribution in [3.05, 3.63) is 34.3 Å². The van der Waals surface area contributed by atoms with Crippen molar-refractivity contribution >= 4 is 34.2 Å². The Balaban J connectivity index is 0.00000361. The van der Waals surface area contributed by atoms with Crippen molar-refractivity contribution in [2.45, 2.75) is 32.6 Å². The van der Waals surface area contributed by atoms with Crippen LogP contribution in [-0.4, -0.2) is 19.0 Å². The van der Waals surface area contributed by atoms with Gasteiger partial charge in [0.15, 0.2) is 0 Å². The van der Waals surface area contributed by atoms with Crippen LogP contribution in [0.3, 0.4) is 0 Å². The zero-order valence-electron chi connectivity index (χ0n) is 11.9. The maximum atomic E-state index is 12.1. The molecule has 3 nitrogen and oxygen atoms in total. The number of halogens is 2. The summed E-state index contributed by atoms with van der Waals surface area (Å²) in [5.74, 6) is 0.187. The summed E-state index contributed by atoms with van der Waals surface area (Å²) >= 11 is 3.53. The summed E-state index contributed by atoms with van der Waals surface area (Å²) in [4.78, 5) is 12.1. The fourth-order valence-electron chi connectivity index (χ4n) is 1.98. The molecule has 0 heterocycles. The quantitative estimate of drug-likeness (QED) is 0.696. The van der Waals surface area contributed by atoms with E-state index in [1.807, 2.05) is 18.2 Å². The molecule has 0 saturated carbocycles. The van der Waals surface area contributed by atoms with E-state index in [1.165, 1.54) is 5.56 Å². The molecule has 0 aliphatic rings. The van der Waals surface area contributed by atoms with Crippen LogP contribution in [0, 0.1) is 5.92 Å². The van der Waals surface area contributed by atoms with Gasteiger partial charge in [0, 0.05) is 16.9 Å². The van der Waals surface area contributed by atoms with Crippen molar-refractivity contribution in [1.82, 2.24) is 5.32 Å². The molecule has 0 aliphatic heterocycles. The number of benzene rings is 1. The summed E-state index contributed by atoms with van der Waals surface area (Å²) in [6.45, 7) is 3.47. The Morgan fingerprint density at radius 2 is 2.05 bits per heavy atom. The van der Waals surface area contributed by atoms with Gasteiger partial charge in [0.05, 0.1) is 0 Å². The van der Waals surface area contributed by atoms with Crippen molar-refractivity contribution in [1.29, 1.82) is 0 Å². The Kier molecular flexibility index (Phi) is 10.8. The fourth-order valence-corrected chi connectivity index (χ4v) is 2.42. The van der Waals surface area contributed by atoms with E-state index in [9.17, 15) is 4.79 Å². The first-order chi connectivity index (χ1) is 9.19. The first-order valence-corrected chi connectivity index (χ1v) is 7.69. The van der Waals surface area contributed by atoms with Crippen LogP contribution in [0.1, 0.15) is 31.7 Å². The Bertz CT molecular complexity index is 401. The number of hydrogen-bond donors (Lipinski definition) is 2. The molecule has 0 bridgehead atoms. The van der Waals surface area contributed by atoms with Gasteiger partial charge in [0.2, 0.25) is 5.91 Å². The summed E-state index contributed by atoms with van der Waals surface area (Å²) < 4.78 is 1.07. The van der Waals surface area contributed by atoms with E-state index in [1.54, 1.807) is 0 Å². The molecule has 0 spiro atoms. The van der Waals surface area contributed by atoms with Crippen LogP contribution in [0.15, 0.2) is 28.7 Å². The SMILES string of the molecule is CCC(Cc1ccccc1Br)C(=O)NCCCCN.Cl. The monoisotopic (exact) mass is 362 g/mol. The Labute approximate surface area is 136 Å². The van der Waals surface area contributed by atoms with Crippen LogP contribution in [0.25, 0.3) is 0 Å². The first-order valence-electron chi connectivity index (χ1n) is 6.90. The maximum absolute atomic E-state index is 12.1. The van der Waals surface area contributed by atoms with E-state index in [0.717, 1.165) is 36.7 Å². The van der Waals surface area contributed by atoms with Crippen LogP contribution in [0.5, 0.6) is 0 Å². The van der Waals surface area contributed by atoms with Gasteiger partial charge in [0.1, 0.15) is 0 Å². The molecular weight excluding hydrogens is 340 g/mol. The second-order valence-corrected chi connectivity index (χ2v) is 5.54. The zero-order valence-corrected chi connectivity index (χ0v) is 14.3. The zero-order chi connectivity index (χ0) is 14.1. The van der Waals surface area contributed by atoms with Crippen molar-refractivity contribution in [2.75, 3.05) is 13.1 Å². The maximum Gasteiger partial charge on any atom is 0.223 e. The molecule has 20 heavy (non-hydrogen) atoms. The van der Waals surface area contributed by atoms with Gasteiger partial charge in [-0.1, -0.05) is 41.1 Å². The molecule has 1 aromatic carbocycles. The molecule has 0 aromatic heterocycles. The van der Waals surface area contributed by atoms with Crippen molar-refractivity contribution in [3.8, 4) is 0 Å². The Morgan fingerprint density at radius 3 is 2.65 bits per heavy atom. The van der Waals surface area contributed by atoms with Gasteiger partial charge in [-0.3, -0.25) is 4.79 Å². The van der Waals surface area contributed by atoms with E-state index in [4.69, 9.17) is 5.73 Å². The smallest absolute Gasteiger partial charge is 0.223 e. The third kappa shape index (κ3) is 6.73. The summed E-state index contributed by atoms with van der Waals surface area (Å²) in [5, 5.41) is 3.00. The molecule has 1 atom stereocenters. The highest BCUT2D eigenvalue weighted by Crippen LogP contribution is 2.21. The van der Waals surface area contributed by atoms with Gasteiger partial charge in [0.25, 0.3) is 0 Å². The molecule has 1 rings (SSSR count). The standard InChI is InChI=1S/C15H23BrN2O.ClH/c1-2-12(15(19)18-10-6-5-9-17)11-13-7-3-4-8-14(13)16;/h3-4,7-8,12H,2,5-6,9-11,17H2,1H3,(H,18,19);1H. The van der Waals surface area contributed by atoms with Crippen molar-refractivity contribution in [2.24, 2.45) is 11.7 Å². The fraction of sp³-hybridized carbons (Fsp3) is 0.533. The number of amides is 1. The lowest BCUT2D eigenvalue weighted by Gasteiger charge is -2.16. The van der Waals surface area contributed by atoms with Crippen LogP contribution < -0.4 is 11.1 Å². The average Bonchev–Trinajstić information content (AvgIpc) is 2.42. The van der Waals surface area contributed by atoms with E-state index in [-0.39, 0.29) is 24.2 Å². The summed E-state index contributed by atoms with van der Waals surface area (Å²) in [6, 6.07) is 8.07. The second-order valence-electron chi connectivity index (χ2n) is 4.69. The van der Waals surface area contributed by atoms with Crippen LogP contribution >= 0.6 is 28.3 Å². The molecule has 5 heteroatoms. The largest absolute Gasteiger partial charge is 0.356 e. The summed E-state index contributed by atoms with van der Waals surface area (Å²) in [5.41, 5.74) is 6.62. The minimum absolute atomic E-state index is 0. The van der Waals surface area contributed by atoms with Crippen LogP contribution in [0.2, 0.25) is 0 Å². The van der Waals surface area contributed by atoms with Gasteiger partial charge >= 0.3 is 0 Å². The van der Waals surface area contributed by atoms with Gasteiger partial charge in [-0.05, 0) is 43.9 Å². The van der Waals surface area contributed by atoms with E-state index >= 15 is 0 Å². The topological polar surface area (TPSA) is 55.1 Å². The molecule has 1 aromatic rings. The number of carbonyl (C=O) groups is 1. The lowest BCUT2D eigenvalue weighted by Crippen LogP contribution is -2.32. The summed E-state index contributed by atoms with van der Waals surface area (Å²) in [7, 11) is 0. The number of rotatable bonds is 8. The lowest BCUT2D eigenvalue weighted by molar-refractivity contribution is -0.125. The third-order valence-corrected chi connectivity index (χ3v) is 3.99. The van der Waals surface area contributed by atoms with Crippen molar-refractivity contribution < 1.29 is 4.79 Å². The number of nitrogens with one attached hydrogen (secondary N) is 1. The second kappa shape index (κ2) is 11.1. The molecular formula is C15H24BrClN2O. The minimum atomic E-state index is 0. The Hall–Kier alpha value is -0.580. The highest BCUT2D eigenvalue weighted by Gasteiger charge is 2.17. The molecule has 114 valence electrons. The predicted octanol–water partition coefficient (Wildman–Crippen LogP) is 3.29. The van der Waals surface area contributed by atoms with E-state index < -0.39 is 0 Å². The minimum Gasteiger partial charge on any atom is -0.356 e. The highest BCUT2D eigenvalue weighted by atomic mass is 79.9. The van der Waals surface area contributed by atoms with E-state index in [2.05, 4.69) is 34.2 Å². The first kappa shape index (κ1) is 19.4. The van der Waals surface area contributed by atoms with Crippen molar-refractivity contribution in [3.63, 3.8) is 0 Å². The number of nitrogens with two attached hydrogens (primary N) is 1. The molecule has 0 fully saturated rings. The summed E-state index contributed by atoms with van der Waals surface area (Å²) in [6.07, 6.45) is 3.54. The normalized spacial score (nSPS) is 11.6. The average molecular weight is 364 g/mol. The third-order valence-electron chi connectivity index (χ3n) is 3.22. The molecule has 0 saturated heterocycles. The van der Waals surface area contributed by atoms with Gasteiger partial charge < -0.3 is 11.1 Å². The molecule has 0 aliphatic carbocycles. The molecule has 1 unspecified atom stereocenters. The van der Waals surface area contributed by atoms with Gasteiger partial charge in [-0.25, -0.2) is 0 Å². The number of hydrogen-bond acceptors (Lipinski definition) is 2. The molecule has 0 radical (unpaired) electrons. The van der Waals surface area contributed by atoms with Gasteiger partial charge in [-0.15, -0.1) is 12.4 Å². The molecule has 3 N–H and O–H groups in total. The molecule has 1 amide bonds. The number of carbonyl (C=O) groups excluding carboxylic acids is 1.